The van der Waals surface area contributed by atoms with Crippen molar-refractivity contribution in [1.29, 1.82) is 0 Å². The van der Waals surface area contributed by atoms with E-state index < -0.39 is 11.6 Å². The number of benzene rings is 1. The van der Waals surface area contributed by atoms with E-state index in [1.54, 1.807) is 4.90 Å². The molecule has 0 radical (unpaired) electrons. The molecule has 1 aromatic rings. The molecule has 7 heteroatoms. The number of nitrogens with one attached hydrogen (secondary N) is 1. The first kappa shape index (κ1) is 23.1. The molecule has 1 atom stereocenters. The molecule has 2 aliphatic heterocycles. The van der Waals surface area contributed by atoms with E-state index in [0.717, 1.165) is 12.1 Å². The summed E-state index contributed by atoms with van der Waals surface area (Å²) in [6, 6.07) is 7.12. The molecule has 1 N–H and O–H groups in total. The van der Waals surface area contributed by atoms with Gasteiger partial charge in [0.15, 0.2) is 0 Å². The summed E-state index contributed by atoms with van der Waals surface area (Å²) in [6.45, 7) is 7.64. The number of likely N-dealkylation sites (tertiary alicyclic amines) is 1. The monoisotopic (exact) mass is 428 g/mol. The molecule has 0 saturated carbocycles. The Kier molecular flexibility index (Phi) is 6.92. The number of anilines is 1. The normalized spacial score (nSPS) is 20.9. The van der Waals surface area contributed by atoms with Crippen molar-refractivity contribution < 1.29 is 14.4 Å². The van der Waals surface area contributed by atoms with E-state index in [-0.39, 0.29) is 17.7 Å². The third-order valence-corrected chi connectivity index (χ3v) is 6.47. The number of carbonyl (C=O) groups is 3. The predicted molar refractivity (Wildman–Crippen MR) is 122 cm³/mol. The van der Waals surface area contributed by atoms with Gasteiger partial charge in [0.25, 0.3) is 5.91 Å². The molecule has 0 bridgehead atoms. The number of hydrogen-bond acceptors (Lipinski definition) is 4. The average molecular weight is 429 g/mol. The van der Waals surface area contributed by atoms with Gasteiger partial charge in [-0.25, -0.2) is 0 Å². The fourth-order valence-electron chi connectivity index (χ4n) is 4.72. The van der Waals surface area contributed by atoms with Crippen molar-refractivity contribution in [3.05, 3.63) is 29.8 Å². The highest BCUT2D eigenvalue weighted by atomic mass is 16.2. The van der Waals surface area contributed by atoms with E-state index >= 15 is 0 Å². The van der Waals surface area contributed by atoms with Gasteiger partial charge < -0.3 is 20.0 Å². The van der Waals surface area contributed by atoms with Gasteiger partial charge in [0, 0.05) is 45.0 Å². The molecule has 7 nitrogen and oxygen atoms in total. The summed E-state index contributed by atoms with van der Waals surface area (Å²) in [6.07, 6.45) is 2.39. The lowest BCUT2D eigenvalue weighted by atomic mass is 9.80. The quantitative estimate of drug-likeness (QED) is 0.756. The van der Waals surface area contributed by atoms with E-state index in [0.29, 0.717) is 50.4 Å². The average Bonchev–Trinajstić information content (AvgIpc) is 2.75. The minimum absolute atomic E-state index is 0.0224. The van der Waals surface area contributed by atoms with Gasteiger partial charge in [-0.3, -0.25) is 14.4 Å². The fraction of sp³-hybridized carbons (Fsp3) is 0.625. The van der Waals surface area contributed by atoms with Crippen LogP contribution in [0, 0.1) is 5.92 Å². The Labute approximate surface area is 185 Å². The summed E-state index contributed by atoms with van der Waals surface area (Å²) in [5.74, 6) is 0.260. The van der Waals surface area contributed by atoms with Gasteiger partial charge in [-0.1, -0.05) is 20.8 Å². The summed E-state index contributed by atoms with van der Waals surface area (Å²) in [4.78, 5) is 45.1. The SMILES string of the molecule is CCCN1C(=O)C(CC(C)C)NC(=O)C12CCN(C(=O)c1ccc(N(C)C)cc1)CC2. The summed E-state index contributed by atoms with van der Waals surface area (Å²) >= 11 is 0. The maximum atomic E-state index is 13.2. The van der Waals surface area contributed by atoms with E-state index in [1.807, 2.05) is 55.1 Å². The zero-order chi connectivity index (χ0) is 22.8. The highest BCUT2D eigenvalue weighted by Crippen LogP contribution is 2.34. The standard InChI is InChI=1S/C24H36N4O3/c1-6-13-28-22(30)20(16-17(2)3)25-23(31)24(28)11-14-27(15-12-24)21(29)18-7-9-19(10-8-18)26(4)5/h7-10,17,20H,6,11-16H2,1-5H3,(H,25,31). The van der Waals surface area contributed by atoms with Gasteiger partial charge in [0.2, 0.25) is 11.8 Å². The molecule has 0 aromatic heterocycles. The van der Waals surface area contributed by atoms with Crippen molar-refractivity contribution in [2.24, 2.45) is 5.92 Å². The molecule has 1 spiro atoms. The van der Waals surface area contributed by atoms with Gasteiger partial charge in [-0.05, 0) is 55.9 Å². The predicted octanol–water partition coefficient (Wildman–Crippen LogP) is 2.51. The maximum absolute atomic E-state index is 13.2. The molecule has 2 heterocycles. The van der Waals surface area contributed by atoms with Crippen molar-refractivity contribution in [2.45, 2.75) is 58.0 Å². The van der Waals surface area contributed by atoms with Crippen molar-refractivity contribution in [3.8, 4) is 0 Å². The molecule has 0 aliphatic carbocycles. The Morgan fingerprint density at radius 3 is 2.29 bits per heavy atom. The molecule has 2 saturated heterocycles. The van der Waals surface area contributed by atoms with Crippen LogP contribution < -0.4 is 10.2 Å². The number of piperazine rings is 1. The van der Waals surface area contributed by atoms with Crippen LogP contribution in [0.4, 0.5) is 5.69 Å². The van der Waals surface area contributed by atoms with Crippen LogP contribution in [0.2, 0.25) is 0 Å². The molecule has 3 amide bonds. The van der Waals surface area contributed by atoms with E-state index in [1.165, 1.54) is 0 Å². The summed E-state index contributed by atoms with van der Waals surface area (Å²) in [5.41, 5.74) is 0.845. The van der Waals surface area contributed by atoms with E-state index in [4.69, 9.17) is 0 Å². The molecule has 1 aromatic carbocycles. The Morgan fingerprint density at radius 1 is 1.16 bits per heavy atom. The van der Waals surface area contributed by atoms with Crippen LogP contribution >= 0.6 is 0 Å². The van der Waals surface area contributed by atoms with E-state index in [9.17, 15) is 14.4 Å². The summed E-state index contributed by atoms with van der Waals surface area (Å²) in [5, 5.41) is 3.00. The lowest BCUT2D eigenvalue weighted by Gasteiger charge is -2.51. The van der Waals surface area contributed by atoms with Crippen LogP contribution in [-0.4, -0.2) is 72.8 Å². The number of rotatable bonds is 6. The van der Waals surface area contributed by atoms with Crippen LogP contribution in [0.1, 0.15) is 56.8 Å². The summed E-state index contributed by atoms with van der Waals surface area (Å²) < 4.78 is 0. The van der Waals surface area contributed by atoms with Crippen molar-refractivity contribution in [3.63, 3.8) is 0 Å². The minimum atomic E-state index is -0.841. The number of amides is 3. The summed E-state index contributed by atoms with van der Waals surface area (Å²) in [7, 11) is 3.93. The van der Waals surface area contributed by atoms with Crippen LogP contribution in [0.15, 0.2) is 24.3 Å². The molecule has 2 fully saturated rings. The second kappa shape index (κ2) is 9.28. The maximum Gasteiger partial charge on any atom is 0.253 e. The Morgan fingerprint density at radius 2 is 1.77 bits per heavy atom. The van der Waals surface area contributed by atoms with Crippen molar-refractivity contribution >= 4 is 23.4 Å². The largest absolute Gasteiger partial charge is 0.378 e. The number of carbonyl (C=O) groups excluding carboxylic acids is 3. The zero-order valence-corrected chi connectivity index (χ0v) is 19.5. The lowest BCUT2D eigenvalue weighted by molar-refractivity contribution is -0.161. The smallest absolute Gasteiger partial charge is 0.253 e. The molecular formula is C24H36N4O3. The fourth-order valence-corrected chi connectivity index (χ4v) is 4.72. The topological polar surface area (TPSA) is 73.0 Å². The van der Waals surface area contributed by atoms with Crippen LogP contribution in [0.25, 0.3) is 0 Å². The van der Waals surface area contributed by atoms with Gasteiger partial charge in [0.05, 0.1) is 0 Å². The molecule has 1 unspecified atom stereocenters. The van der Waals surface area contributed by atoms with Crippen LogP contribution in [0.5, 0.6) is 0 Å². The molecule has 3 rings (SSSR count). The van der Waals surface area contributed by atoms with Gasteiger partial charge in [0.1, 0.15) is 11.6 Å². The number of nitrogens with zero attached hydrogens (tertiary/aromatic N) is 3. The minimum Gasteiger partial charge on any atom is -0.378 e. The van der Waals surface area contributed by atoms with Crippen molar-refractivity contribution in [1.82, 2.24) is 15.1 Å². The van der Waals surface area contributed by atoms with Crippen molar-refractivity contribution in [2.75, 3.05) is 38.6 Å². The van der Waals surface area contributed by atoms with E-state index in [2.05, 4.69) is 19.2 Å². The first-order valence-electron chi connectivity index (χ1n) is 11.4. The van der Waals surface area contributed by atoms with Gasteiger partial charge in [-0.15, -0.1) is 0 Å². The van der Waals surface area contributed by atoms with Crippen LogP contribution in [0.3, 0.4) is 0 Å². The third-order valence-electron chi connectivity index (χ3n) is 6.47. The highest BCUT2D eigenvalue weighted by Gasteiger charge is 2.53. The first-order chi connectivity index (χ1) is 14.7. The molecular weight excluding hydrogens is 392 g/mol. The second-order valence-corrected chi connectivity index (χ2v) is 9.41. The molecule has 170 valence electrons. The Bertz CT molecular complexity index is 811. The second-order valence-electron chi connectivity index (χ2n) is 9.41. The molecule has 2 aliphatic rings. The zero-order valence-electron chi connectivity index (χ0n) is 19.5. The van der Waals surface area contributed by atoms with Gasteiger partial charge in [-0.2, -0.15) is 0 Å². The number of hydrogen-bond donors (Lipinski definition) is 1. The lowest BCUT2D eigenvalue weighted by Crippen LogP contribution is -2.73. The third kappa shape index (κ3) is 4.55. The number of piperidine rings is 1. The molecule has 31 heavy (non-hydrogen) atoms. The highest BCUT2D eigenvalue weighted by molar-refractivity contribution is 6.00. The van der Waals surface area contributed by atoms with Crippen LogP contribution in [-0.2, 0) is 9.59 Å². The first-order valence-corrected chi connectivity index (χ1v) is 11.4. The van der Waals surface area contributed by atoms with Gasteiger partial charge >= 0.3 is 0 Å². The Balaban J connectivity index is 1.74. The Hall–Kier alpha value is -2.57.